The molecule has 0 bridgehead atoms. The SMILES string of the molecule is CCCCN(CCCC)CCCN1C(=O)C(=O)C(=C(O)c2ccc(Br)cc2)C1c1cc(OC)ccc1OC. The van der Waals surface area contributed by atoms with Gasteiger partial charge < -0.3 is 24.4 Å². The van der Waals surface area contributed by atoms with Gasteiger partial charge in [0.1, 0.15) is 17.3 Å². The number of methoxy groups -OCH3 is 2. The zero-order chi connectivity index (χ0) is 27.7. The molecule has 0 aromatic heterocycles. The molecule has 1 heterocycles. The van der Waals surface area contributed by atoms with Crippen LogP contribution in [-0.4, -0.2) is 67.0 Å². The molecular formula is C30H39BrN2O5. The molecule has 38 heavy (non-hydrogen) atoms. The predicted octanol–water partition coefficient (Wildman–Crippen LogP) is 6.18. The standard InChI is InChI=1S/C30H39BrN2O5/c1-5-7-16-32(17-8-6-2)18-9-19-33-27(24-20-23(37-3)14-15-25(24)38-4)26(29(35)30(33)36)28(34)21-10-12-22(31)13-11-21/h10-15,20,27,34H,5-9,16-19H2,1-4H3. The fraction of sp³-hybridized carbons (Fsp3) is 0.467. The van der Waals surface area contributed by atoms with Crippen molar-refractivity contribution >= 4 is 33.4 Å². The number of carbonyl (C=O) groups is 2. The van der Waals surface area contributed by atoms with Crippen molar-refractivity contribution in [1.82, 2.24) is 9.80 Å². The molecule has 1 atom stereocenters. The lowest BCUT2D eigenvalue weighted by molar-refractivity contribution is -0.140. The van der Waals surface area contributed by atoms with Gasteiger partial charge in [0.05, 0.1) is 25.8 Å². The van der Waals surface area contributed by atoms with E-state index in [1.807, 2.05) is 0 Å². The van der Waals surface area contributed by atoms with Gasteiger partial charge in [-0.1, -0.05) is 54.8 Å². The number of Topliss-reactive ketones (excluding diaryl/α,β-unsaturated/α-hetero) is 1. The van der Waals surface area contributed by atoms with Crippen molar-refractivity contribution < 1.29 is 24.2 Å². The van der Waals surface area contributed by atoms with Gasteiger partial charge >= 0.3 is 0 Å². The summed E-state index contributed by atoms with van der Waals surface area (Å²) in [5, 5.41) is 11.3. The third-order valence-corrected chi connectivity index (χ3v) is 7.45. The Morgan fingerprint density at radius 3 is 2.16 bits per heavy atom. The van der Waals surface area contributed by atoms with Crippen LogP contribution in [0.25, 0.3) is 5.76 Å². The molecule has 1 saturated heterocycles. The first-order valence-corrected chi connectivity index (χ1v) is 14.1. The molecule has 0 spiro atoms. The summed E-state index contributed by atoms with van der Waals surface area (Å²) in [4.78, 5) is 30.8. The van der Waals surface area contributed by atoms with E-state index in [1.54, 1.807) is 61.6 Å². The Labute approximate surface area is 234 Å². The van der Waals surface area contributed by atoms with E-state index in [-0.39, 0.29) is 11.3 Å². The van der Waals surface area contributed by atoms with Gasteiger partial charge in [-0.2, -0.15) is 0 Å². The highest BCUT2D eigenvalue weighted by Crippen LogP contribution is 2.44. The number of carbonyl (C=O) groups excluding carboxylic acids is 2. The minimum Gasteiger partial charge on any atom is -0.507 e. The second-order valence-corrected chi connectivity index (χ2v) is 10.4. The number of likely N-dealkylation sites (tertiary alicyclic amines) is 1. The van der Waals surface area contributed by atoms with E-state index >= 15 is 0 Å². The second-order valence-electron chi connectivity index (χ2n) is 9.51. The average molecular weight is 588 g/mol. The number of amides is 1. The number of ether oxygens (including phenoxy) is 2. The van der Waals surface area contributed by atoms with E-state index < -0.39 is 17.7 Å². The highest BCUT2D eigenvalue weighted by Gasteiger charge is 2.47. The normalized spacial score (nSPS) is 16.9. The van der Waals surface area contributed by atoms with Crippen LogP contribution in [0.15, 0.2) is 52.5 Å². The first-order valence-electron chi connectivity index (χ1n) is 13.3. The van der Waals surface area contributed by atoms with Crippen molar-refractivity contribution in [3.8, 4) is 11.5 Å². The highest BCUT2D eigenvalue weighted by atomic mass is 79.9. The Morgan fingerprint density at radius 1 is 0.947 bits per heavy atom. The number of nitrogens with zero attached hydrogens (tertiary/aromatic N) is 2. The maximum Gasteiger partial charge on any atom is 0.295 e. The lowest BCUT2D eigenvalue weighted by Gasteiger charge is -2.28. The molecule has 1 aliphatic rings. The van der Waals surface area contributed by atoms with E-state index in [0.717, 1.165) is 49.8 Å². The van der Waals surface area contributed by atoms with E-state index in [1.165, 1.54) is 0 Å². The third kappa shape index (κ3) is 6.97. The van der Waals surface area contributed by atoms with Crippen LogP contribution in [0.5, 0.6) is 11.5 Å². The maximum atomic E-state index is 13.4. The Kier molecular flexibility index (Phi) is 11.2. The van der Waals surface area contributed by atoms with Crippen LogP contribution < -0.4 is 9.47 Å². The number of aliphatic hydroxyl groups is 1. The molecule has 1 N–H and O–H groups in total. The molecule has 2 aromatic rings. The van der Waals surface area contributed by atoms with Crippen molar-refractivity contribution in [2.45, 2.75) is 52.0 Å². The largest absolute Gasteiger partial charge is 0.507 e. The lowest BCUT2D eigenvalue weighted by atomic mass is 9.94. The average Bonchev–Trinajstić information content (AvgIpc) is 3.18. The number of hydrogen-bond acceptors (Lipinski definition) is 6. The Balaban J connectivity index is 2.02. The van der Waals surface area contributed by atoms with Crippen LogP contribution >= 0.6 is 15.9 Å². The summed E-state index contributed by atoms with van der Waals surface area (Å²) in [7, 11) is 3.11. The van der Waals surface area contributed by atoms with E-state index in [9.17, 15) is 14.7 Å². The van der Waals surface area contributed by atoms with Gasteiger partial charge in [0.25, 0.3) is 11.7 Å². The zero-order valence-electron chi connectivity index (χ0n) is 22.8. The van der Waals surface area contributed by atoms with Gasteiger partial charge in [-0.3, -0.25) is 9.59 Å². The van der Waals surface area contributed by atoms with Crippen molar-refractivity contribution in [3.05, 3.63) is 63.6 Å². The van der Waals surface area contributed by atoms with Crippen molar-refractivity contribution in [2.24, 2.45) is 0 Å². The van der Waals surface area contributed by atoms with E-state index in [4.69, 9.17) is 9.47 Å². The number of ketones is 1. The van der Waals surface area contributed by atoms with Crippen molar-refractivity contribution in [3.63, 3.8) is 0 Å². The van der Waals surface area contributed by atoms with Crippen LogP contribution in [0.4, 0.5) is 0 Å². The van der Waals surface area contributed by atoms with Crippen LogP contribution in [0.1, 0.15) is 63.1 Å². The number of rotatable bonds is 14. The molecule has 1 amide bonds. The summed E-state index contributed by atoms with van der Waals surface area (Å²) in [6, 6.07) is 11.5. The van der Waals surface area contributed by atoms with Gasteiger partial charge in [-0.25, -0.2) is 0 Å². The quantitative estimate of drug-likeness (QED) is 0.162. The monoisotopic (exact) mass is 586 g/mol. The first-order chi connectivity index (χ1) is 18.4. The minimum atomic E-state index is -0.802. The molecular weight excluding hydrogens is 548 g/mol. The molecule has 1 aliphatic heterocycles. The van der Waals surface area contributed by atoms with E-state index in [0.29, 0.717) is 35.6 Å². The molecule has 0 radical (unpaired) electrons. The van der Waals surface area contributed by atoms with Gasteiger partial charge in [0, 0.05) is 22.1 Å². The highest BCUT2D eigenvalue weighted by molar-refractivity contribution is 9.10. The summed E-state index contributed by atoms with van der Waals surface area (Å²) in [6.45, 7) is 7.62. The minimum absolute atomic E-state index is 0.0534. The molecule has 3 rings (SSSR count). The second kappa shape index (κ2) is 14.4. The van der Waals surface area contributed by atoms with Crippen LogP contribution in [0, 0.1) is 0 Å². The lowest BCUT2D eigenvalue weighted by Crippen LogP contribution is -2.34. The molecule has 8 heteroatoms. The number of halogens is 1. The summed E-state index contributed by atoms with van der Waals surface area (Å²) < 4.78 is 11.9. The van der Waals surface area contributed by atoms with Gasteiger partial charge in [-0.05, 0) is 69.2 Å². The molecule has 1 unspecified atom stereocenters. The molecule has 0 saturated carbocycles. The number of benzene rings is 2. The fourth-order valence-electron chi connectivity index (χ4n) is 4.81. The first kappa shape index (κ1) is 29.7. The topological polar surface area (TPSA) is 79.3 Å². The number of hydrogen-bond donors (Lipinski definition) is 1. The van der Waals surface area contributed by atoms with Gasteiger partial charge in [0.15, 0.2) is 0 Å². The number of unbranched alkanes of at least 4 members (excludes halogenated alkanes) is 2. The Hall–Kier alpha value is -2.84. The Bertz CT molecular complexity index is 1120. The van der Waals surface area contributed by atoms with E-state index in [2.05, 4.69) is 34.7 Å². The van der Waals surface area contributed by atoms with Crippen LogP contribution in [0.2, 0.25) is 0 Å². The summed E-state index contributed by atoms with van der Waals surface area (Å²) in [5.41, 5.74) is 1.11. The third-order valence-electron chi connectivity index (χ3n) is 6.92. The van der Waals surface area contributed by atoms with Crippen LogP contribution in [0.3, 0.4) is 0 Å². The van der Waals surface area contributed by atoms with Crippen molar-refractivity contribution in [1.29, 1.82) is 0 Å². The molecule has 1 fully saturated rings. The molecule has 206 valence electrons. The predicted molar refractivity (Wildman–Crippen MR) is 154 cm³/mol. The van der Waals surface area contributed by atoms with Gasteiger partial charge in [-0.15, -0.1) is 0 Å². The fourth-order valence-corrected chi connectivity index (χ4v) is 5.08. The smallest absolute Gasteiger partial charge is 0.295 e. The summed E-state index contributed by atoms with van der Waals surface area (Å²) in [5.74, 6) is -0.445. The molecule has 0 aliphatic carbocycles. The summed E-state index contributed by atoms with van der Waals surface area (Å²) >= 11 is 3.40. The summed E-state index contributed by atoms with van der Waals surface area (Å²) in [6.07, 6.45) is 5.22. The molecule has 7 nitrogen and oxygen atoms in total. The zero-order valence-corrected chi connectivity index (χ0v) is 24.4. The molecule has 2 aromatic carbocycles. The van der Waals surface area contributed by atoms with Gasteiger partial charge in [0.2, 0.25) is 0 Å². The number of aliphatic hydroxyl groups excluding tert-OH is 1. The van der Waals surface area contributed by atoms with Crippen LogP contribution in [-0.2, 0) is 9.59 Å². The Morgan fingerprint density at radius 2 is 1.58 bits per heavy atom. The maximum absolute atomic E-state index is 13.4. The van der Waals surface area contributed by atoms with Crippen molar-refractivity contribution in [2.75, 3.05) is 40.4 Å².